The molecule has 1 atom stereocenters. The number of carboxylic acid groups (broad SMARTS) is 1. The lowest BCUT2D eigenvalue weighted by atomic mass is 9.92. The van der Waals surface area contributed by atoms with E-state index in [-0.39, 0.29) is 6.10 Å². The maximum absolute atomic E-state index is 13.9. The van der Waals surface area contributed by atoms with Gasteiger partial charge in [-0.1, -0.05) is 0 Å². The first-order valence-electron chi connectivity index (χ1n) is 9.97. The monoisotopic (exact) mass is 425 g/mol. The summed E-state index contributed by atoms with van der Waals surface area (Å²) in [7, 11) is 4.17. The van der Waals surface area contributed by atoms with Crippen molar-refractivity contribution < 1.29 is 23.4 Å². The normalized spacial score (nSPS) is 24.8. The van der Waals surface area contributed by atoms with Crippen LogP contribution in [0.1, 0.15) is 54.9 Å². The van der Waals surface area contributed by atoms with Crippen molar-refractivity contribution in [3.8, 4) is 5.88 Å². The molecular formula is C20H25F2N3O3S. The standard InChI is InChI=1S/C20H25F2N3O3S/c1-25(2)12-4-6-13(7-5-12)28-17-16-15-11(9-20(21,22)19(26)27)3-8-14(15)29-18(16)24-10-23-17/h10-13H,3-9H2,1-2H3,(H,26,27). The lowest BCUT2D eigenvalue weighted by Gasteiger charge is -2.32. The van der Waals surface area contributed by atoms with Crippen LogP contribution in [0.2, 0.25) is 0 Å². The minimum Gasteiger partial charge on any atom is -0.477 e. The van der Waals surface area contributed by atoms with Crippen LogP contribution in [0.25, 0.3) is 10.2 Å². The van der Waals surface area contributed by atoms with Gasteiger partial charge >= 0.3 is 11.9 Å². The second-order valence-electron chi connectivity index (χ2n) is 8.26. The Morgan fingerprint density at radius 3 is 2.66 bits per heavy atom. The molecule has 0 aromatic carbocycles. The van der Waals surface area contributed by atoms with E-state index in [9.17, 15) is 13.6 Å². The largest absolute Gasteiger partial charge is 0.477 e. The number of nitrogens with zero attached hydrogens (tertiary/aromatic N) is 3. The average Bonchev–Trinajstić information content (AvgIpc) is 3.22. The van der Waals surface area contributed by atoms with Crippen LogP contribution in [0.4, 0.5) is 8.78 Å². The van der Waals surface area contributed by atoms with E-state index in [0.717, 1.165) is 41.0 Å². The number of aromatic nitrogens is 2. The molecule has 0 bridgehead atoms. The minimum atomic E-state index is -3.75. The number of fused-ring (bicyclic) bond motifs is 3. The highest BCUT2D eigenvalue weighted by Crippen LogP contribution is 2.49. The lowest BCUT2D eigenvalue weighted by molar-refractivity contribution is -0.166. The Kier molecular flexibility index (Phi) is 5.46. The molecule has 1 saturated carbocycles. The fourth-order valence-electron chi connectivity index (χ4n) is 4.57. The van der Waals surface area contributed by atoms with Gasteiger partial charge in [0.25, 0.3) is 0 Å². The summed E-state index contributed by atoms with van der Waals surface area (Å²) in [5, 5.41) is 9.54. The number of halogens is 2. The molecule has 0 aliphatic heterocycles. The summed E-state index contributed by atoms with van der Waals surface area (Å²) in [6.07, 6.45) is 5.89. The molecule has 6 nitrogen and oxygen atoms in total. The van der Waals surface area contributed by atoms with E-state index in [4.69, 9.17) is 9.84 Å². The zero-order valence-corrected chi connectivity index (χ0v) is 17.3. The van der Waals surface area contributed by atoms with Crippen LogP contribution in [-0.2, 0) is 11.2 Å². The molecule has 0 saturated heterocycles. The number of hydrogen-bond donors (Lipinski definition) is 1. The fraction of sp³-hybridized carbons (Fsp3) is 0.650. The molecule has 2 aromatic heterocycles. The average molecular weight is 426 g/mol. The lowest BCUT2D eigenvalue weighted by Crippen LogP contribution is -2.35. The molecule has 1 fully saturated rings. The van der Waals surface area contributed by atoms with E-state index in [1.807, 2.05) is 0 Å². The van der Waals surface area contributed by atoms with Gasteiger partial charge in [-0.3, -0.25) is 0 Å². The molecule has 1 unspecified atom stereocenters. The van der Waals surface area contributed by atoms with Crippen LogP contribution in [0.3, 0.4) is 0 Å². The van der Waals surface area contributed by atoms with Gasteiger partial charge in [-0.25, -0.2) is 14.8 Å². The quantitative estimate of drug-likeness (QED) is 0.752. The summed E-state index contributed by atoms with van der Waals surface area (Å²) in [4.78, 5) is 23.5. The minimum absolute atomic E-state index is 0.0418. The smallest absolute Gasteiger partial charge is 0.374 e. The molecule has 1 N–H and O–H groups in total. The van der Waals surface area contributed by atoms with Gasteiger partial charge in [0.15, 0.2) is 0 Å². The number of thiophene rings is 1. The second kappa shape index (κ2) is 7.75. The Hall–Kier alpha value is -1.87. The predicted octanol–water partition coefficient (Wildman–Crippen LogP) is 4.08. The summed E-state index contributed by atoms with van der Waals surface area (Å²) in [5.74, 6) is -5.90. The van der Waals surface area contributed by atoms with Crippen molar-refractivity contribution in [1.82, 2.24) is 14.9 Å². The number of carboxylic acids is 1. The maximum atomic E-state index is 13.9. The van der Waals surface area contributed by atoms with Crippen molar-refractivity contribution in [2.75, 3.05) is 14.1 Å². The first kappa shape index (κ1) is 20.4. The molecule has 9 heteroatoms. The van der Waals surface area contributed by atoms with E-state index in [0.29, 0.717) is 30.1 Å². The zero-order valence-electron chi connectivity index (χ0n) is 16.5. The van der Waals surface area contributed by atoms with E-state index in [2.05, 4.69) is 29.0 Å². The van der Waals surface area contributed by atoms with Crippen LogP contribution < -0.4 is 4.74 Å². The molecule has 2 heterocycles. The molecule has 158 valence electrons. The number of aryl methyl sites for hydroxylation is 1. The zero-order chi connectivity index (χ0) is 20.8. The number of ether oxygens (including phenoxy) is 1. The van der Waals surface area contributed by atoms with Crippen molar-refractivity contribution in [1.29, 1.82) is 0 Å². The molecule has 0 spiro atoms. The van der Waals surface area contributed by atoms with E-state index in [1.165, 1.54) is 17.7 Å². The van der Waals surface area contributed by atoms with Crippen molar-refractivity contribution in [2.45, 2.75) is 68.9 Å². The molecule has 29 heavy (non-hydrogen) atoms. The van der Waals surface area contributed by atoms with Crippen LogP contribution in [-0.4, -0.2) is 58.1 Å². The van der Waals surface area contributed by atoms with Crippen molar-refractivity contribution in [3.05, 3.63) is 16.8 Å². The first-order chi connectivity index (χ1) is 13.8. The summed E-state index contributed by atoms with van der Waals surface area (Å²) in [6, 6.07) is 0.549. The molecule has 2 aliphatic carbocycles. The van der Waals surface area contributed by atoms with Crippen LogP contribution in [0.15, 0.2) is 6.33 Å². The Labute approximate surface area is 171 Å². The summed E-state index contributed by atoms with van der Waals surface area (Å²) >= 11 is 1.47. The SMILES string of the molecule is CN(C)C1CCC(Oc2ncnc3sc4c(c23)C(CC(F)(F)C(=O)O)CC4)CC1. The highest BCUT2D eigenvalue weighted by molar-refractivity contribution is 7.19. The predicted molar refractivity (Wildman–Crippen MR) is 106 cm³/mol. The summed E-state index contributed by atoms with van der Waals surface area (Å²) in [6.45, 7) is 0. The maximum Gasteiger partial charge on any atom is 0.374 e. The first-order valence-corrected chi connectivity index (χ1v) is 10.8. The number of rotatable bonds is 6. The van der Waals surface area contributed by atoms with Gasteiger partial charge in [0.05, 0.1) is 5.39 Å². The fourth-order valence-corrected chi connectivity index (χ4v) is 5.80. The van der Waals surface area contributed by atoms with Crippen LogP contribution >= 0.6 is 11.3 Å². The van der Waals surface area contributed by atoms with Gasteiger partial charge in [0.1, 0.15) is 17.3 Å². The van der Waals surface area contributed by atoms with Crippen LogP contribution in [0.5, 0.6) is 5.88 Å². The van der Waals surface area contributed by atoms with Gasteiger partial charge in [0, 0.05) is 17.3 Å². The second-order valence-corrected chi connectivity index (χ2v) is 9.34. The summed E-state index contributed by atoms with van der Waals surface area (Å²) < 4.78 is 34.1. The topological polar surface area (TPSA) is 75.5 Å². The third kappa shape index (κ3) is 3.94. The van der Waals surface area contributed by atoms with Crippen molar-refractivity contribution in [3.63, 3.8) is 0 Å². The van der Waals surface area contributed by atoms with Crippen molar-refractivity contribution in [2.24, 2.45) is 0 Å². The third-order valence-corrected chi connectivity index (χ3v) is 7.34. The molecule has 0 amide bonds. The van der Waals surface area contributed by atoms with E-state index < -0.39 is 24.2 Å². The van der Waals surface area contributed by atoms with E-state index in [1.54, 1.807) is 0 Å². The van der Waals surface area contributed by atoms with E-state index >= 15 is 0 Å². The highest BCUT2D eigenvalue weighted by Gasteiger charge is 2.44. The van der Waals surface area contributed by atoms with Gasteiger partial charge < -0.3 is 14.7 Å². The number of aliphatic carboxylic acids is 1. The Morgan fingerprint density at radius 2 is 2.00 bits per heavy atom. The van der Waals surface area contributed by atoms with Gasteiger partial charge in [-0.05, 0) is 64.1 Å². The van der Waals surface area contributed by atoms with Gasteiger partial charge in [0.2, 0.25) is 5.88 Å². The van der Waals surface area contributed by atoms with Crippen molar-refractivity contribution >= 4 is 27.5 Å². The summed E-state index contributed by atoms with van der Waals surface area (Å²) in [5.41, 5.74) is 0.767. The Balaban J connectivity index is 1.60. The van der Waals surface area contributed by atoms with Gasteiger partial charge in [-0.2, -0.15) is 8.78 Å². The molecule has 2 aromatic rings. The number of carbonyl (C=O) groups is 1. The molecule has 2 aliphatic rings. The molecule has 4 rings (SSSR count). The number of alkyl halides is 2. The Morgan fingerprint density at radius 1 is 1.28 bits per heavy atom. The van der Waals surface area contributed by atoms with Gasteiger partial charge in [-0.15, -0.1) is 11.3 Å². The number of hydrogen-bond acceptors (Lipinski definition) is 6. The molecule has 0 radical (unpaired) electrons. The third-order valence-electron chi connectivity index (χ3n) is 6.16. The molecular weight excluding hydrogens is 400 g/mol. The highest BCUT2D eigenvalue weighted by atomic mass is 32.1. The van der Waals surface area contributed by atoms with Crippen LogP contribution in [0, 0.1) is 0 Å². The Bertz CT molecular complexity index is 910.